The van der Waals surface area contributed by atoms with Crippen LogP contribution in [0, 0.1) is 6.92 Å². The fraction of sp³-hybridized carbons (Fsp3) is 0.115. The Morgan fingerprint density at radius 1 is 1.12 bits per heavy atom. The zero-order valence-corrected chi connectivity index (χ0v) is 19.5. The summed E-state index contributed by atoms with van der Waals surface area (Å²) in [4.78, 5) is 24.7. The number of aliphatic imine (C=N–C) groups is 1. The number of rotatable bonds is 6. The van der Waals surface area contributed by atoms with E-state index in [0.29, 0.717) is 17.8 Å². The molecule has 0 bridgehead atoms. The minimum Gasteiger partial charge on any atom is -0.347 e. The molecule has 0 radical (unpaired) electrons. The molecule has 0 saturated heterocycles. The van der Waals surface area contributed by atoms with Crippen molar-refractivity contribution in [2.24, 2.45) is 4.99 Å². The maximum atomic E-state index is 12.9. The van der Waals surface area contributed by atoms with Gasteiger partial charge >= 0.3 is 0 Å². The molecule has 2 aromatic heterocycles. The molecule has 0 fully saturated rings. The molecule has 3 heterocycles. The first-order valence-electron chi connectivity index (χ1n) is 10.3. The highest BCUT2D eigenvalue weighted by atomic mass is 32.2. The Balaban J connectivity index is 1.71. The van der Waals surface area contributed by atoms with Crippen LogP contribution >= 0.6 is 23.1 Å². The SMILES string of the molecule is C/C=C\C(=C/C1=CSc2ccccc2C(c2ncccc2C)=N1)C(=O)NCc1cccs1. The maximum absolute atomic E-state index is 12.9. The van der Waals surface area contributed by atoms with Crippen LogP contribution in [0.3, 0.4) is 0 Å². The zero-order valence-electron chi connectivity index (χ0n) is 17.9. The lowest BCUT2D eigenvalue weighted by Gasteiger charge is -2.10. The molecule has 6 heteroatoms. The number of hydrogen-bond donors (Lipinski definition) is 1. The molecule has 1 aliphatic heterocycles. The van der Waals surface area contributed by atoms with E-state index in [0.717, 1.165) is 32.3 Å². The third-order valence-electron chi connectivity index (χ3n) is 4.84. The van der Waals surface area contributed by atoms with E-state index in [-0.39, 0.29) is 5.91 Å². The maximum Gasteiger partial charge on any atom is 0.251 e. The van der Waals surface area contributed by atoms with E-state index in [1.165, 1.54) is 0 Å². The third kappa shape index (κ3) is 5.15. The Labute approximate surface area is 196 Å². The number of nitrogens with zero attached hydrogens (tertiary/aromatic N) is 2. The lowest BCUT2D eigenvalue weighted by Crippen LogP contribution is -2.23. The van der Waals surface area contributed by atoms with Crippen molar-refractivity contribution in [2.75, 3.05) is 0 Å². The van der Waals surface area contributed by atoms with Gasteiger partial charge in [-0.05, 0) is 49.1 Å². The van der Waals surface area contributed by atoms with E-state index < -0.39 is 0 Å². The standard InChI is InChI=1S/C26H23N3OS2/c1-3-8-19(26(30)28-16-21-10-7-14-31-21)15-20-17-32-23-12-5-4-11-22(23)25(29-20)24-18(2)9-6-13-27-24/h3-15,17H,16H2,1-2H3,(H,28,30)/b8-3-,19-15+. The summed E-state index contributed by atoms with van der Waals surface area (Å²) in [6, 6.07) is 16.1. The Morgan fingerprint density at radius 2 is 2.00 bits per heavy atom. The van der Waals surface area contributed by atoms with Crippen LogP contribution in [0.25, 0.3) is 0 Å². The van der Waals surface area contributed by atoms with Crippen LogP contribution in [0.15, 0.2) is 105 Å². The number of hydrogen-bond acceptors (Lipinski definition) is 5. The Kier molecular flexibility index (Phi) is 7.14. The van der Waals surface area contributed by atoms with Crippen LogP contribution in [0.2, 0.25) is 0 Å². The number of benzene rings is 1. The van der Waals surface area contributed by atoms with Crippen LogP contribution in [0.1, 0.15) is 28.6 Å². The van der Waals surface area contributed by atoms with Crippen molar-refractivity contribution >= 4 is 34.7 Å². The second-order valence-corrected chi connectivity index (χ2v) is 9.09. The normalized spacial score (nSPS) is 13.9. The molecule has 1 N–H and O–H groups in total. The molecule has 160 valence electrons. The summed E-state index contributed by atoms with van der Waals surface area (Å²) in [6.45, 7) is 4.44. The summed E-state index contributed by atoms with van der Waals surface area (Å²) in [5.41, 5.74) is 5.02. The van der Waals surface area contributed by atoms with Crippen molar-refractivity contribution in [1.82, 2.24) is 10.3 Å². The first-order chi connectivity index (χ1) is 15.7. The van der Waals surface area contributed by atoms with Gasteiger partial charge in [-0.25, -0.2) is 4.99 Å². The fourth-order valence-electron chi connectivity index (χ4n) is 3.30. The predicted octanol–water partition coefficient (Wildman–Crippen LogP) is 6.05. The summed E-state index contributed by atoms with van der Waals surface area (Å²) < 4.78 is 0. The van der Waals surface area contributed by atoms with Crippen molar-refractivity contribution in [1.29, 1.82) is 0 Å². The van der Waals surface area contributed by atoms with Crippen LogP contribution in [0.5, 0.6) is 0 Å². The zero-order chi connectivity index (χ0) is 22.3. The number of allylic oxidation sites excluding steroid dienone is 2. The highest BCUT2D eigenvalue weighted by molar-refractivity contribution is 8.02. The molecular formula is C26H23N3OS2. The van der Waals surface area contributed by atoms with Crippen LogP contribution in [-0.4, -0.2) is 16.6 Å². The smallest absolute Gasteiger partial charge is 0.251 e. The van der Waals surface area contributed by atoms with Gasteiger partial charge in [0.15, 0.2) is 0 Å². The van der Waals surface area contributed by atoms with Gasteiger partial charge in [-0.2, -0.15) is 0 Å². The van der Waals surface area contributed by atoms with E-state index in [1.54, 1.807) is 29.3 Å². The minimum absolute atomic E-state index is 0.130. The number of thiophene rings is 1. The first kappa shape index (κ1) is 22.0. The highest BCUT2D eigenvalue weighted by Crippen LogP contribution is 2.32. The van der Waals surface area contributed by atoms with Gasteiger partial charge in [0.05, 0.1) is 23.6 Å². The summed E-state index contributed by atoms with van der Waals surface area (Å²) in [5, 5.41) is 6.99. The van der Waals surface area contributed by atoms with Crippen molar-refractivity contribution in [3.8, 4) is 0 Å². The number of amides is 1. The second kappa shape index (κ2) is 10.4. The second-order valence-electron chi connectivity index (χ2n) is 7.15. The molecule has 3 aromatic rings. The largest absolute Gasteiger partial charge is 0.347 e. The fourth-order valence-corrected chi connectivity index (χ4v) is 4.76. The van der Waals surface area contributed by atoms with Crippen LogP contribution < -0.4 is 5.32 Å². The van der Waals surface area contributed by atoms with Gasteiger partial charge in [0.1, 0.15) is 0 Å². The number of carbonyl (C=O) groups is 1. The van der Waals surface area contributed by atoms with Crippen molar-refractivity contribution in [2.45, 2.75) is 25.3 Å². The van der Waals surface area contributed by atoms with Crippen molar-refractivity contribution < 1.29 is 4.79 Å². The molecule has 0 atom stereocenters. The number of nitrogens with one attached hydrogen (secondary N) is 1. The number of thioether (sulfide) groups is 1. The lowest BCUT2D eigenvalue weighted by molar-refractivity contribution is -0.117. The summed E-state index contributed by atoms with van der Waals surface area (Å²) in [7, 11) is 0. The number of carbonyl (C=O) groups excluding carboxylic acids is 1. The van der Waals surface area contributed by atoms with E-state index in [1.807, 2.05) is 79.3 Å². The van der Waals surface area contributed by atoms with Gasteiger partial charge in [-0.1, -0.05) is 54.2 Å². The van der Waals surface area contributed by atoms with Gasteiger partial charge in [-0.15, -0.1) is 11.3 Å². The molecule has 0 aliphatic carbocycles. The average Bonchev–Trinajstić information content (AvgIpc) is 3.26. The Bertz CT molecular complexity index is 1240. The van der Waals surface area contributed by atoms with Crippen molar-refractivity contribution in [3.05, 3.63) is 117 Å². The Hall–Kier alpha value is -3.22. The number of aromatic nitrogens is 1. The van der Waals surface area contributed by atoms with Gasteiger partial charge in [0.2, 0.25) is 0 Å². The van der Waals surface area contributed by atoms with Crippen LogP contribution in [-0.2, 0) is 11.3 Å². The molecule has 1 aromatic carbocycles. The summed E-state index contributed by atoms with van der Waals surface area (Å²) in [5.74, 6) is -0.130. The van der Waals surface area contributed by atoms with Gasteiger partial charge in [-0.3, -0.25) is 9.78 Å². The number of aryl methyl sites for hydroxylation is 1. The highest BCUT2D eigenvalue weighted by Gasteiger charge is 2.18. The monoisotopic (exact) mass is 457 g/mol. The van der Waals surface area contributed by atoms with Gasteiger partial charge in [0.25, 0.3) is 5.91 Å². The minimum atomic E-state index is -0.130. The molecule has 32 heavy (non-hydrogen) atoms. The number of pyridine rings is 1. The van der Waals surface area contributed by atoms with Gasteiger partial charge < -0.3 is 5.32 Å². The van der Waals surface area contributed by atoms with E-state index >= 15 is 0 Å². The molecule has 0 spiro atoms. The van der Waals surface area contributed by atoms with Gasteiger partial charge in [0, 0.05) is 32.5 Å². The summed E-state index contributed by atoms with van der Waals surface area (Å²) in [6.07, 6.45) is 7.30. The lowest BCUT2D eigenvalue weighted by atomic mass is 10.0. The van der Waals surface area contributed by atoms with E-state index in [9.17, 15) is 4.79 Å². The molecule has 0 unspecified atom stereocenters. The molecule has 1 amide bonds. The molecule has 4 nitrogen and oxygen atoms in total. The molecule has 4 rings (SSSR count). The average molecular weight is 458 g/mol. The third-order valence-corrected chi connectivity index (χ3v) is 6.68. The molecule has 0 saturated carbocycles. The van der Waals surface area contributed by atoms with E-state index in [4.69, 9.17) is 4.99 Å². The summed E-state index contributed by atoms with van der Waals surface area (Å²) >= 11 is 3.23. The topological polar surface area (TPSA) is 54.4 Å². The molecular weight excluding hydrogens is 434 g/mol. The quantitative estimate of drug-likeness (QED) is 0.362. The predicted molar refractivity (Wildman–Crippen MR) is 134 cm³/mol. The van der Waals surface area contributed by atoms with E-state index in [2.05, 4.69) is 22.4 Å². The molecule has 1 aliphatic rings. The van der Waals surface area contributed by atoms with Crippen LogP contribution in [0.4, 0.5) is 0 Å². The van der Waals surface area contributed by atoms with Crippen molar-refractivity contribution in [3.63, 3.8) is 0 Å². The Morgan fingerprint density at radius 3 is 2.78 bits per heavy atom. The first-order valence-corrected chi connectivity index (χ1v) is 12.0. The number of fused-ring (bicyclic) bond motifs is 1.